The lowest BCUT2D eigenvalue weighted by molar-refractivity contribution is -0.437. The Morgan fingerprint density at radius 2 is 1.41 bits per heavy atom. The number of benzene rings is 2. The maximum atomic E-state index is 12.2. The summed E-state index contributed by atoms with van der Waals surface area (Å²) in [7, 11) is -18.0. The number of carboxylic acid groups (broad SMARTS) is 1. The Morgan fingerprint density at radius 3 is 2.00 bits per heavy atom. The third-order valence-electron chi connectivity index (χ3n) is 10.0. The number of unbranched alkanes of at least 4 members (excludes halogenated alkanes) is 2. The Kier molecular flexibility index (Phi) is 13.6. The molecule has 0 radical (unpaired) electrons. The molecule has 0 aliphatic carbocycles. The van der Waals surface area contributed by atoms with E-state index in [-0.39, 0.29) is 42.1 Å². The molecule has 4 rings (SSSR count). The lowest BCUT2D eigenvalue weighted by Crippen LogP contribution is -2.30. The molecule has 2 heterocycles. The van der Waals surface area contributed by atoms with Gasteiger partial charge in [-0.25, -0.2) is 8.42 Å². The summed E-state index contributed by atoms with van der Waals surface area (Å²) in [6.45, 7) is 5.71. The molecule has 0 aromatic heterocycles. The average molecular weight is 859 g/mol. The Balaban J connectivity index is 1.77. The number of nitrogens with zero attached hydrogens (tertiary/aromatic N) is 2. The minimum absolute atomic E-state index is 0.0334. The molecule has 308 valence electrons. The first kappa shape index (κ1) is 44.9. The van der Waals surface area contributed by atoms with Gasteiger partial charge in [-0.3, -0.25) is 18.5 Å². The molecule has 1 atom stereocenters. The van der Waals surface area contributed by atoms with Crippen LogP contribution in [-0.2, 0) is 56.1 Å². The highest BCUT2D eigenvalue weighted by Gasteiger charge is 2.45. The van der Waals surface area contributed by atoms with Crippen molar-refractivity contribution in [2.45, 2.75) is 86.3 Å². The molecule has 0 saturated heterocycles. The lowest BCUT2D eigenvalue weighted by Gasteiger charge is -2.30. The minimum Gasteiger partial charge on any atom is -0.748 e. The van der Waals surface area contributed by atoms with E-state index < -0.39 is 68.8 Å². The lowest BCUT2D eigenvalue weighted by atomic mass is 9.77. The molecule has 2 aromatic carbocycles. The second kappa shape index (κ2) is 17.0. The van der Waals surface area contributed by atoms with Gasteiger partial charge < -0.3 is 14.6 Å². The van der Waals surface area contributed by atoms with E-state index in [1.54, 1.807) is 39.9 Å². The molecule has 0 amide bonds. The van der Waals surface area contributed by atoms with Crippen molar-refractivity contribution >= 4 is 63.5 Å². The van der Waals surface area contributed by atoms with Gasteiger partial charge in [-0.15, -0.1) is 0 Å². The van der Waals surface area contributed by atoms with E-state index in [4.69, 9.17) is 5.11 Å². The molecule has 2 aromatic rings. The first-order valence-electron chi connectivity index (χ1n) is 17.6. The maximum Gasteiger partial charge on any atom is 0.303 e. The first-order valence-corrected chi connectivity index (χ1v) is 23.6. The third-order valence-corrected chi connectivity index (χ3v) is 13.3. The van der Waals surface area contributed by atoms with Crippen molar-refractivity contribution in [2.24, 2.45) is 0 Å². The van der Waals surface area contributed by atoms with Gasteiger partial charge in [-0.05, 0) is 82.0 Å². The molecule has 1 unspecified atom stereocenters. The van der Waals surface area contributed by atoms with E-state index in [1.165, 1.54) is 36.4 Å². The molecule has 0 saturated carbocycles. The molecule has 0 fully saturated rings. The van der Waals surface area contributed by atoms with Crippen molar-refractivity contribution in [3.63, 3.8) is 0 Å². The van der Waals surface area contributed by atoms with Crippen molar-refractivity contribution in [3.8, 4) is 0 Å². The van der Waals surface area contributed by atoms with Crippen molar-refractivity contribution in [2.75, 3.05) is 29.5 Å². The molecular weight excluding hydrogens is 813 g/mol. The van der Waals surface area contributed by atoms with Crippen molar-refractivity contribution in [1.29, 1.82) is 0 Å². The molecule has 20 heteroatoms. The van der Waals surface area contributed by atoms with Crippen molar-refractivity contribution < 1.29 is 66.4 Å². The van der Waals surface area contributed by atoms with Gasteiger partial charge in [0.1, 0.15) is 6.54 Å². The van der Waals surface area contributed by atoms with Crippen LogP contribution in [0.25, 0.3) is 0 Å². The Morgan fingerprint density at radius 1 is 0.786 bits per heavy atom. The second-order valence-corrected chi connectivity index (χ2v) is 20.4. The largest absolute Gasteiger partial charge is 0.748 e. The number of carboxylic acids is 1. The van der Waals surface area contributed by atoms with Crippen LogP contribution in [0.1, 0.15) is 76.8 Å². The van der Waals surface area contributed by atoms with Crippen LogP contribution in [-0.4, -0.2) is 97.8 Å². The summed E-state index contributed by atoms with van der Waals surface area (Å²) in [5.74, 6) is -2.11. The van der Waals surface area contributed by atoms with E-state index >= 15 is 0 Å². The number of hydrogen-bond donors (Lipinski definition) is 4. The molecule has 16 nitrogen and oxygen atoms in total. The van der Waals surface area contributed by atoms with Crippen LogP contribution >= 0.6 is 0 Å². The monoisotopic (exact) mass is 858 g/mol. The summed E-state index contributed by atoms with van der Waals surface area (Å²) < 4.78 is 136. The molecule has 2 aliphatic heterocycles. The molecular formula is C36H46N2O14S4. The minimum atomic E-state index is -4.61. The number of fused-ring (bicyclic) bond motifs is 2. The van der Waals surface area contributed by atoms with Crippen LogP contribution < -0.4 is 4.90 Å². The van der Waals surface area contributed by atoms with Crippen LogP contribution in [0, 0.1) is 0 Å². The van der Waals surface area contributed by atoms with Crippen LogP contribution in [0.4, 0.5) is 11.4 Å². The fourth-order valence-corrected chi connectivity index (χ4v) is 9.34. The quantitative estimate of drug-likeness (QED) is 0.0652. The summed E-state index contributed by atoms with van der Waals surface area (Å²) in [5, 5.41) is 9.09. The number of hydrogen-bond acceptors (Lipinski definition) is 11. The summed E-state index contributed by atoms with van der Waals surface area (Å²) in [4.78, 5) is 12.2. The molecule has 4 N–H and O–H groups in total. The molecule has 0 bridgehead atoms. The van der Waals surface area contributed by atoms with E-state index in [0.717, 1.165) is 0 Å². The number of rotatable bonds is 19. The maximum absolute atomic E-state index is 12.2. The number of allylic oxidation sites excluding steroid dienone is 6. The van der Waals surface area contributed by atoms with Gasteiger partial charge in [-0.1, -0.05) is 31.1 Å². The molecule has 0 spiro atoms. The van der Waals surface area contributed by atoms with Gasteiger partial charge in [0, 0.05) is 59.6 Å². The zero-order valence-electron chi connectivity index (χ0n) is 31.0. The van der Waals surface area contributed by atoms with E-state index in [2.05, 4.69) is 0 Å². The van der Waals surface area contributed by atoms with Crippen LogP contribution in [0.5, 0.6) is 0 Å². The van der Waals surface area contributed by atoms with Gasteiger partial charge >= 0.3 is 5.97 Å². The van der Waals surface area contributed by atoms with Crippen LogP contribution in [0.2, 0.25) is 0 Å². The number of carbonyl (C=O) groups is 1. The zero-order chi connectivity index (χ0) is 41.9. The molecule has 56 heavy (non-hydrogen) atoms. The van der Waals surface area contributed by atoms with E-state index in [9.17, 15) is 56.7 Å². The highest BCUT2D eigenvalue weighted by Crippen LogP contribution is 2.51. The summed E-state index contributed by atoms with van der Waals surface area (Å²) >= 11 is 0. The average Bonchev–Trinajstić information content (AvgIpc) is 3.41. The normalized spacial score (nSPS) is 19.4. The first-order chi connectivity index (χ1) is 25.8. The summed E-state index contributed by atoms with van der Waals surface area (Å²) in [6, 6.07) is 8.16. The number of aliphatic carboxylic acids is 1. The van der Waals surface area contributed by atoms with Crippen LogP contribution in [0.15, 0.2) is 82.3 Å². The fraction of sp³-hybridized carbons (Fsp3) is 0.444. The highest BCUT2D eigenvalue weighted by atomic mass is 32.2. The topological polar surface area (TPSA) is 264 Å². The van der Waals surface area contributed by atoms with Gasteiger partial charge in [0.2, 0.25) is 5.69 Å². The second-order valence-electron chi connectivity index (χ2n) is 14.5. The Labute approximate surface area is 328 Å². The van der Waals surface area contributed by atoms with Crippen molar-refractivity contribution in [1.82, 2.24) is 0 Å². The highest BCUT2D eigenvalue weighted by molar-refractivity contribution is 7.86. The van der Waals surface area contributed by atoms with E-state index in [0.29, 0.717) is 59.6 Å². The SMILES string of the molecule is CC1(C)C(/C=C/C=C/C=C2/N(CCCS(=O)(=O)[O-])c3ccc(S(=O)(=O)O)cc3C2(C)CCCCCC(=O)O)=[N+](CCCS(=O)(=O)O)c2ccc(S(=O)(=O)O)cc21. The van der Waals surface area contributed by atoms with Gasteiger partial charge in [0.05, 0.1) is 31.1 Å². The van der Waals surface area contributed by atoms with Crippen molar-refractivity contribution in [3.05, 3.63) is 83.6 Å². The number of anilines is 1. The fourth-order valence-electron chi connectivity index (χ4n) is 7.35. The molecule has 2 aliphatic rings. The standard InChI is InChI=1S/C36H46N2O14S4/c1-35(2)28-24-26(55(47,48)49)15-17-30(28)37(20-10-22-53(41,42)43)32(35)12-6-4-7-13-33-36(3,19-9-5-8-14-34(39)40)29-25-27(56(50,51)52)16-18-31(29)38(33)21-11-23-54(44,45)46/h4,6-7,12-13,15-18,24-25H,5,8-11,14,19-23H2,1-3H3,(H4-,39,40,41,42,43,44,45,46,47,48,49,50,51,52). The Hall–Kier alpha value is -3.76. The summed E-state index contributed by atoms with van der Waals surface area (Å²) in [5.41, 5.74) is 1.70. The van der Waals surface area contributed by atoms with Gasteiger partial charge in [0.25, 0.3) is 30.4 Å². The van der Waals surface area contributed by atoms with E-state index in [1.807, 2.05) is 20.8 Å². The summed E-state index contributed by atoms with van der Waals surface area (Å²) in [6.07, 6.45) is 10.4. The predicted molar refractivity (Wildman–Crippen MR) is 207 cm³/mol. The zero-order valence-corrected chi connectivity index (χ0v) is 34.3. The van der Waals surface area contributed by atoms with Gasteiger partial charge in [-0.2, -0.15) is 29.8 Å². The smallest absolute Gasteiger partial charge is 0.303 e. The van der Waals surface area contributed by atoms with Crippen LogP contribution in [0.3, 0.4) is 0 Å². The third kappa shape index (κ3) is 11.0. The predicted octanol–water partition coefficient (Wildman–Crippen LogP) is 4.58. The Bertz CT molecular complexity index is 2430. The van der Waals surface area contributed by atoms with Gasteiger partial charge in [0.15, 0.2) is 5.71 Å².